The van der Waals surface area contributed by atoms with Crippen molar-refractivity contribution >= 4 is 54.9 Å². The molecule has 0 saturated heterocycles. The maximum Gasteiger partial charge on any atom is 0.266 e. The van der Waals surface area contributed by atoms with Gasteiger partial charge in [0.1, 0.15) is 11.3 Å². The average Bonchev–Trinajstić information content (AvgIpc) is 3.11. The van der Waals surface area contributed by atoms with Crippen molar-refractivity contribution in [3.05, 3.63) is 105 Å². The van der Waals surface area contributed by atoms with Gasteiger partial charge in [-0.25, -0.2) is 0 Å². The van der Waals surface area contributed by atoms with E-state index in [-0.39, 0.29) is 11.3 Å². The Morgan fingerprint density at radius 2 is 1.75 bits per heavy atom. The van der Waals surface area contributed by atoms with E-state index in [0.29, 0.717) is 28.0 Å². The molecule has 0 atom stereocenters. The van der Waals surface area contributed by atoms with E-state index in [1.165, 1.54) is 6.08 Å². The van der Waals surface area contributed by atoms with Crippen molar-refractivity contribution in [1.29, 1.82) is 0 Å². The number of para-hydroxylation sites is 1. The molecule has 2 aromatic heterocycles. The number of benzene rings is 3. The van der Waals surface area contributed by atoms with Gasteiger partial charge in [-0.15, -0.1) is 5.11 Å². The largest absolute Gasteiger partial charge is 0.339 e. The predicted octanol–water partition coefficient (Wildman–Crippen LogP) is 6.57. The molecule has 5 aromatic rings. The fourth-order valence-corrected chi connectivity index (χ4v) is 4.10. The van der Waals surface area contributed by atoms with E-state index < -0.39 is 0 Å². The number of hydrogen-bond acceptors (Lipinski definition) is 4. The molecule has 0 aliphatic rings. The van der Waals surface area contributed by atoms with Crippen LogP contribution < -0.4 is 5.56 Å². The lowest BCUT2D eigenvalue weighted by molar-refractivity contribution is 0.104. The number of nitrogens with one attached hydrogen (secondary N) is 1. The van der Waals surface area contributed by atoms with Crippen molar-refractivity contribution < 1.29 is 4.79 Å². The molecule has 6 nitrogen and oxygen atoms in total. The van der Waals surface area contributed by atoms with Gasteiger partial charge in [-0.2, -0.15) is 5.11 Å². The third kappa shape index (κ3) is 3.46. The second-order valence-corrected chi connectivity index (χ2v) is 8.30. The van der Waals surface area contributed by atoms with Crippen LogP contribution in [0.4, 0.5) is 5.69 Å². The number of allylic oxidation sites excluding steroid dienone is 2. The van der Waals surface area contributed by atoms with E-state index in [1.807, 2.05) is 54.6 Å². The Bertz CT molecular complexity index is 1630. The lowest BCUT2D eigenvalue weighted by Crippen LogP contribution is -2.13. The van der Waals surface area contributed by atoms with Gasteiger partial charge in [-0.3, -0.25) is 14.0 Å². The Hall–Kier alpha value is -3.84. The first-order chi connectivity index (χ1) is 15.5. The molecule has 0 bridgehead atoms. The van der Waals surface area contributed by atoms with E-state index >= 15 is 0 Å². The van der Waals surface area contributed by atoms with Crippen molar-refractivity contribution in [2.75, 3.05) is 0 Å². The number of H-pyrrole nitrogens is 1. The number of azo groups is 1. The second kappa shape index (κ2) is 8.01. The van der Waals surface area contributed by atoms with E-state index in [1.54, 1.807) is 29.5 Å². The van der Waals surface area contributed by atoms with Crippen LogP contribution in [0.5, 0.6) is 0 Å². The smallest absolute Gasteiger partial charge is 0.266 e. The van der Waals surface area contributed by atoms with Crippen LogP contribution in [-0.2, 0) is 0 Å². The Kier molecular flexibility index (Phi) is 5.03. The summed E-state index contributed by atoms with van der Waals surface area (Å²) in [6.07, 6.45) is 1.45. The minimum absolute atomic E-state index is 0.130. The summed E-state index contributed by atoms with van der Waals surface area (Å²) in [5, 5.41) is 10.1. The predicted molar refractivity (Wildman–Crippen MR) is 130 cm³/mol. The molecule has 0 amide bonds. The maximum absolute atomic E-state index is 13.2. The average molecular weight is 485 g/mol. The van der Waals surface area contributed by atoms with Crippen LogP contribution in [0.3, 0.4) is 0 Å². The summed E-state index contributed by atoms with van der Waals surface area (Å²) >= 11 is 3.50. The summed E-state index contributed by atoms with van der Waals surface area (Å²) in [4.78, 5) is 29.0. The number of fused-ring (bicyclic) bond motifs is 4. The SMILES string of the molecule is C/C(=C/C(=O)c1ccccc1)N=Nc1c2cc(Br)ccc2n2c(=O)c3ccccc3[nH]c12. The molecule has 1 N–H and O–H groups in total. The monoisotopic (exact) mass is 484 g/mol. The van der Waals surface area contributed by atoms with Gasteiger partial charge in [-0.05, 0) is 37.3 Å². The fourth-order valence-electron chi connectivity index (χ4n) is 3.73. The van der Waals surface area contributed by atoms with Gasteiger partial charge in [0.15, 0.2) is 5.78 Å². The number of carbonyl (C=O) groups excluding carboxylic acids is 1. The summed E-state index contributed by atoms with van der Waals surface area (Å²) in [6.45, 7) is 1.72. The highest BCUT2D eigenvalue weighted by atomic mass is 79.9. The van der Waals surface area contributed by atoms with Crippen LogP contribution in [0, 0.1) is 0 Å². The normalized spacial score (nSPS) is 12.4. The lowest BCUT2D eigenvalue weighted by Gasteiger charge is -2.01. The summed E-state index contributed by atoms with van der Waals surface area (Å²) in [5.41, 5.74) is 3.44. The number of ketones is 1. The number of nitrogens with zero attached hydrogens (tertiary/aromatic N) is 3. The van der Waals surface area contributed by atoms with Gasteiger partial charge < -0.3 is 4.98 Å². The second-order valence-electron chi connectivity index (χ2n) is 7.39. The molecule has 0 radical (unpaired) electrons. The van der Waals surface area contributed by atoms with Crippen molar-refractivity contribution in [2.24, 2.45) is 10.2 Å². The van der Waals surface area contributed by atoms with Crippen LogP contribution >= 0.6 is 15.9 Å². The molecule has 0 unspecified atom stereocenters. The highest BCUT2D eigenvalue weighted by Crippen LogP contribution is 2.35. The van der Waals surface area contributed by atoms with Crippen molar-refractivity contribution in [3.8, 4) is 0 Å². The highest BCUT2D eigenvalue weighted by Gasteiger charge is 2.16. The number of aromatic amines is 1. The number of rotatable bonds is 4. The standard InChI is InChI=1S/C25H17BrN4O2/c1-15(13-22(31)16-7-3-2-4-8-16)28-29-23-19-14-17(26)11-12-21(19)30-24(23)27-20-10-6-5-9-18(20)25(30)32/h2-14,27H,1H3/b15-13-,29-28?. The van der Waals surface area contributed by atoms with E-state index in [4.69, 9.17) is 0 Å². The van der Waals surface area contributed by atoms with Gasteiger partial charge in [0.2, 0.25) is 0 Å². The van der Waals surface area contributed by atoms with E-state index in [9.17, 15) is 9.59 Å². The lowest BCUT2D eigenvalue weighted by atomic mass is 10.1. The summed E-state index contributed by atoms with van der Waals surface area (Å²) < 4.78 is 2.48. The molecular weight excluding hydrogens is 468 g/mol. The molecule has 7 heteroatoms. The topological polar surface area (TPSA) is 79.1 Å². The van der Waals surface area contributed by atoms with E-state index in [2.05, 4.69) is 31.1 Å². The minimum Gasteiger partial charge on any atom is -0.339 e. The van der Waals surface area contributed by atoms with Crippen LogP contribution in [-0.4, -0.2) is 15.2 Å². The highest BCUT2D eigenvalue weighted by molar-refractivity contribution is 9.10. The van der Waals surface area contributed by atoms with Crippen LogP contribution in [0.1, 0.15) is 17.3 Å². The molecule has 2 heterocycles. The molecule has 32 heavy (non-hydrogen) atoms. The Morgan fingerprint density at radius 3 is 2.56 bits per heavy atom. The number of carbonyl (C=O) groups is 1. The first-order valence-electron chi connectivity index (χ1n) is 9.97. The summed E-state index contributed by atoms with van der Waals surface area (Å²) in [7, 11) is 0. The van der Waals surface area contributed by atoms with Crippen LogP contribution in [0.2, 0.25) is 0 Å². The van der Waals surface area contributed by atoms with E-state index in [0.717, 1.165) is 20.9 Å². The molecule has 0 saturated carbocycles. The minimum atomic E-state index is -0.143. The van der Waals surface area contributed by atoms with Gasteiger partial charge in [0, 0.05) is 21.5 Å². The van der Waals surface area contributed by atoms with Crippen molar-refractivity contribution in [1.82, 2.24) is 9.38 Å². The van der Waals surface area contributed by atoms with Crippen LogP contribution in [0.15, 0.2) is 104 Å². The zero-order chi connectivity index (χ0) is 22.2. The number of hydrogen-bond donors (Lipinski definition) is 1. The molecule has 0 aliphatic carbocycles. The molecule has 3 aromatic carbocycles. The van der Waals surface area contributed by atoms with Gasteiger partial charge in [0.05, 0.1) is 22.1 Å². The molecule has 0 aliphatic heterocycles. The molecule has 156 valence electrons. The first-order valence-corrected chi connectivity index (χ1v) is 10.8. The fraction of sp³-hybridized carbons (Fsp3) is 0.0400. The van der Waals surface area contributed by atoms with Gasteiger partial charge in [0.25, 0.3) is 5.56 Å². The third-order valence-corrected chi connectivity index (χ3v) is 5.72. The summed E-state index contributed by atoms with van der Waals surface area (Å²) in [6, 6.07) is 22.0. The zero-order valence-corrected chi connectivity index (χ0v) is 18.6. The first kappa shape index (κ1) is 20.1. The quantitative estimate of drug-likeness (QED) is 0.178. The van der Waals surface area contributed by atoms with Crippen molar-refractivity contribution in [3.63, 3.8) is 0 Å². The maximum atomic E-state index is 13.2. The molecule has 0 spiro atoms. The Balaban J connectivity index is 1.69. The Morgan fingerprint density at radius 1 is 1.00 bits per heavy atom. The van der Waals surface area contributed by atoms with Crippen LogP contribution in [0.25, 0.3) is 27.5 Å². The third-order valence-electron chi connectivity index (χ3n) is 5.22. The molecule has 5 rings (SSSR count). The van der Waals surface area contributed by atoms with Crippen molar-refractivity contribution in [2.45, 2.75) is 6.92 Å². The summed E-state index contributed by atoms with van der Waals surface area (Å²) in [5.74, 6) is -0.143. The van der Waals surface area contributed by atoms with Gasteiger partial charge >= 0.3 is 0 Å². The Labute approximate surface area is 191 Å². The zero-order valence-electron chi connectivity index (χ0n) is 17.0. The number of halogens is 1. The number of aromatic nitrogens is 2. The molecular formula is C25H17BrN4O2. The molecule has 0 fully saturated rings. The van der Waals surface area contributed by atoms with Gasteiger partial charge in [-0.1, -0.05) is 58.4 Å².